The van der Waals surface area contributed by atoms with Crippen LogP contribution in [0.4, 0.5) is 18.9 Å². The Labute approximate surface area is 127 Å². The highest BCUT2D eigenvalue weighted by Gasteiger charge is 2.29. The van der Waals surface area contributed by atoms with Gasteiger partial charge in [-0.05, 0) is 31.2 Å². The molecule has 0 spiro atoms. The second-order valence-corrected chi connectivity index (χ2v) is 5.25. The fourth-order valence-electron chi connectivity index (χ4n) is 1.52. The first-order chi connectivity index (χ1) is 10.3. The van der Waals surface area contributed by atoms with Gasteiger partial charge in [-0.1, -0.05) is 11.8 Å². The lowest BCUT2D eigenvalue weighted by molar-refractivity contribution is -0.137. The maximum Gasteiger partial charge on any atom is 0.416 e. The molecule has 2 rings (SSSR count). The van der Waals surface area contributed by atoms with Crippen LogP contribution in [0, 0.1) is 6.92 Å². The molecular weight excluding hydrogens is 319 g/mol. The SMILES string of the molecule is Cc1nnc(SCC(=O)Nc2ccc(C(F)(F)F)cc2)n1N. The number of nitrogens with two attached hydrogens (primary N) is 1. The number of alkyl halides is 3. The lowest BCUT2D eigenvalue weighted by Crippen LogP contribution is -2.16. The smallest absolute Gasteiger partial charge is 0.336 e. The molecule has 0 aliphatic rings. The molecule has 0 atom stereocenters. The maximum atomic E-state index is 12.4. The van der Waals surface area contributed by atoms with Crippen LogP contribution in [-0.2, 0) is 11.0 Å². The molecule has 0 saturated carbocycles. The molecule has 0 fully saturated rings. The Kier molecular flexibility index (Phi) is 4.59. The third-order valence-corrected chi connectivity index (χ3v) is 3.61. The van der Waals surface area contributed by atoms with E-state index in [1.54, 1.807) is 6.92 Å². The van der Waals surface area contributed by atoms with Crippen molar-refractivity contribution in [2.24, 2.45) is 0 Å². The van der Waals surface area contributed by atoms with Crippen LogP contribution < -0.4 is 11.2 Å². The number of carbonyl (C=O) groups excluding carboxylic acids is 1. The minimum atomic E-state index is -4.40. The number of benzene rings is 1. The first kappa shape index (κ1) is 16.1. The number of aromatic nitrogens is 3. The molecule has 1 aromatic heterocycles. The molecule has 6 nitrogen and oxygen atoms in total. The molecule has 3 N–H and O–H groups in total. The molecule has 1 heterocycles. The Morgan fingerprint density at radius 2 is 1.95 bits per heavy atom. The van der Waals surface area contributed by atoms with Gasteiger partial charge in [0.25, 0.3) is 0 Å². The standard InChI is InChI=1S/C12H12F3N5OS/c1-7-18-19-11(20(7)16)22-6-10(21)17-9-4-2-8(3-5-9)12(13,14)15/h2-5H,6,16H2,1H3,(H,17,21). The van der Waals surface area contributed by atoms with Gasteiger partial charge < -0.3 is 11.2 Å². The van der Waals surface area contributed by atoms with Crippen LogP contribution in [0.5, 0.6) is 0 Å². The summed E-state index contributed by atoms with van der Waals surface area (Å²) in [6.07, 6.45) is -4.40. The number of rotatable bonds is 4. The summed E-state index contributed by atoms with van der Waals surface area (Å²) in [5, 5.41) is 10.4. The monoisotopic (exact) mass is 331 g/mol. The summed E-state index contributed by atoms with van der Waals surface area (Å²) in [7, 11) is 0. The Bertz CT molecular complexity index is 668. The van der Waals surface area contributed by atoms with Gasteiger partial charge in [0.15, 0.2) is 0 Å². The van der Waals surface area contributed by atoms with E-state index < -0.39 is 11.7 Å². The number of nitrogens with one attached hydrogen (secondary N) is 1. The summed E-state index contributed by atoms with van der Waals surface area (Å²) < 4.78 is 38.5. The van der Waals surface area contributed by atoms with Crippen LogP contribution in [0.1, 0.15) is 11.4 Å². The summed E-state index contributed by atoms with van der Waals surface area (Å²) >= 11 is 1.07. The van der Waals surface area contributed by atoms with Crippen molar-refractivity contribution >= 4 is 23.4 Å². The van der Waals surface area contributed by atoms with Gasteiger partial charge >= 0.3 is 6.18 Å². The number of halogens is 3. The van der Waals surface area contributed by atoms with Gasteiger partial charge in [0.1, 0.15) is 5.82 Å². The van der Waals surface area contributed by atoms with Crippen LogP contribution in [0.25, 0.3) is 0 Å². The highest BCUT2D eigenvalue weighted by molar-refractivity contribution is 7.99. The van der Waals surface area contributed by atoms with E-state index in [9.17, 15) is 18.0 Å². The van der Waals surface area contributed by atoms with E-state index in [0.29, 0.717) is 11.0 Å². The zero-order chi connectivity index (χ0) is 16.3. The highest BCUT2D eigenvalue weighted by atomic mass is 32.2. The summed E-state index contributed by atoms with van der Waals surface area (Å²) in [4.78, 5) is 11.7. The number of nitrogens with zero attached hydrogens (tertiary/aromatic N) is 3. The number of anilines is 1. The second-order valence-electron chi connectivity index (χ2n) is 4.31. The molecule has 118 valence electrons. The first-order valence-electron chi connectivity index (χ1n) is 6.04. The van der Waals surface area contributed by atoms with Crippen molar-refractivity contribution < 1.29 is 18.0 Å². The van der Waals surface area contributed by atoms with Crippen LogP contribution in [0.3, 0.4) is 0 Å². The van der Waals surface area contributed by atoms with Crippen molar-refractivity contribution in [1.82, 2.24) is 14.9 Å². The quantitative estimate of drug-likeness (QED) is 0.661. The average Bonchev–Trinajstić information content (AvgIpc) is 2.76. The first-order valence-corrected chi connectivity index (χ1v) is 7.03. The van der Waals surface area contributed by atoms with Crippen LogP contribution in [-0.4, -0.2) is 26.5 Å². The molecule has 0 aliphatic carbocycles. The molecule has 0 unspecified atom stereocenters. The summed E-state index contributed by atoms with van der Waals surface area (Å²) in [6.45, 7) is 1.67. The lowest BCUT2D eigenvalue weighted by atomic mass is 10.2. The van der Waals surface area contributed by atoms with Gasteiger partial charge in [-0.15, -0.1) is 10.2 Å². The maximum absolute atomic E-state index is 12.4. The van der Waals surface area contributed by atoms with Crippen LogP contribution >= 0.6 is 11.8 Å². The molecule has 2 aromatic rings. The van der Waals surface area contributed by atoms with Gasteiger partial charge in [-0.2, -0.15) is 13.2 Å². The van der Waals surface area contributed by atoms with Gasteiger partial charge in [-0.25, -0.2) is 4.68 Å². The van der Waals surface area contributed by atoms with Crippen molar-refractivity contribution in [2.75, 3.05) is 16.9 Å². The lowest BCUT2D eigenvalue weighted by Gasteiger charge is -2.08. The second kappa shape index (κ2) is 6.26. The number of amides is 1. The van der Waals surface area contributed by atoms with Crippen molar-refractivity contribution in [3.8, 4) is 0 Å². The zero-order valence-corrected chi connectivity index (χ0v) is 12.2. The Balaban J connectivity index is 1.91. The minimum Gasteiger partial charge on any atom is -0.336 e. The van der Waals surface area contributed by atoms with E-state index in [1.807, 2.05) is 0 Å². The Hall–Kier alpha value is -2.23. The number of nitrogen functional groups attached to an aromatic ring is 1. The topological polar surface area (TPSA) is 85.8 Å². The minimum absolute atomic E-state index is 0.0103. The van der Waals surface area contributed by atoms with Crippen molar-refractivity contribution in [3.05, 3.63) is 35.7 Å². The normalized spacial score (nSPS) is 11.5. The molecular formula is C12H12F3N5OS. The van der Waals surface area contributed by atoms with E-state index in [0.717, 1.165) is 23.9 Å². The van der Waals surface area contributed by atoms with Gasteiger partial charge in [0.2, 0.25) is 11.1 Å². The summed E-state index contributed by atoms with van der Waals surface area (Å²) in [6, 6.07) is 4.20. The van der Waals surface area contributed by atoms with E-state index >= 15 is 0 Å². The molecule has 1 aromatic carbocycles. The third kappa shape index (κ3) is 3.91. The summed E-state index contributed by atoms with van der Waals surface area (Å²) in [5.74, 6) is 5.76. The third-order valence-electron chi connectivity index (χ3n) is 2.66. The Morgan fingerprint density at radius 3 is 2.45 bits per heavy atom. The summed E-state index contributed by atoms with van der Waals surface area (Å²) in [5.41, 5.74) is -0.490. The predicted octanol–water partition coefficient (Wildman–Crippen LogP) is 2.05. The highest BCUT2D eigenvalue weighted by Crippen LogP contribution is 2.29. The van der Waals surface area contributed by atoms with E-state index in [1.165, 1.54) is 16.8 Å². The molecule has 10 heteroatoms. The van der Waals surface area contributed by atoms with E-state index in [4.69, 9.17) is 5.84 Å². The zero-order valence-electron chi connectivity index (χ0n) is 11.4. The molecule has 22 heavy (non-hydrogen) atoms. The molecule has 0 radical (unpaired) electrons. The Morgan fingerprint density at radius 1 is 1.32 bits per heavy atom. The molecule has 1 amide bonds. The van der Waals surface area contributed by atoms with Crippen LogP contribution in [0.2, 0.25) is 0 Å². The number of hydrogen-bond acceptors (Lipinski definition) is 5. The largest absolute Gasteiger partial charge is 0.416 e. The van der Waals surface area contributed by atoms with Gasteiger partial charge in [0.05, 0.1) is 11.3 Å². The van der Waals surface area contributed by atoms with Crippen molar-refractivity contribution in [1.29, 1.82) is 0 Å². The molecule has 0 aliphatic heterocycles. The predicted molar refractivity (Wildman–Crippen MR) is 75.7 cm³/mol. The number of aryl methyl sites for hydroxylation is 1. The number of carbonyl (C=O) groups is 1. The fourth-order valence-corrected chi connectivity index (χ4v) is 2.22. The van der Waals surface area contributed by atoms with E-state index in [-0.39, 0.29) is 17.3 Å². The van der Waals surface area contributed by atoms with E-state index in [2.05, 4.69) is 15.5 Å². The van der Waals surface area contributed by atoms with Crippen molar-refractivity contribution in [2.45, 2.75) is 18.3 Å². The van der Waals surface area contributed by atoms with Crippen molar-refractivity contribution in [3.63, 3.8) is 0 Å². The number of hydrogen-bond donors (Lipinski definition) is 2. The number of thioether (sulfide) groups is 1. The van der Waals surface area contributed by atoms with Gasteiger partial charge in [0, 0.05) is 5.69 Å². The van der Waals surface area contributed by atoms with Gasteiger partial charge in [-0.3, -0.25) is 4.79 Å². The average molecular weight is 331 g/mol. The van der Waals surface area contributed by atoms with Crippen LogP contribution in [0.15, 0.2) is 29.4 Å². The molecule has 0 saturated heterocycles. The molecule has 0 bridgehead atoms. The fraction of sp³-hybridized carbons (Fsp3) is 0.250.